The van der Waals surface area contributed by atoms with Crippen LogP contribution in [0, 0.1) is 13.8 Å². The molecule has 0 aliphatic rings. The highest BCUT2D eigenvalue weighted by Gasteiger charge is 2.12. The van der Waals surface area contributed by atoms with E-state index in [9.17, 15) is 8.42 Å². The van der Waals surface area contributed by atoms with Crippen LogP contribution in [0.3, 0.4) is 0 Å². The van der Waals surface area contributed by atoms with E-state index in [4.69, 9.17) is 9.88 Å². The molecule has 0 saturated carbocycles. The molecule has 0 spiro atoms. The van der Waals surface area contributed by atoms with Crippen LogP contribution in [0.4, 0.5) is 0 Å². The van der Waals surface area contributed by atoms with Crippen LogP contribution >= 0.6 is 0 Å². The first-order valence-corrected chi connectivity index (χ1v) is 7.29. The molecule has 19 heavy (non-hydrogen) atoms. The second-order valence-electron chi connectivity index (χ2n) is 4.39. The van der Waals surface area contributed by atoms with E-state index < -0.39 is 10.0 Å². The summed E-state index contributed by atoms with van der Waals surface area (Å²) in [6.07, 6.45) is 0. The lowest BCUT2D eigenvalue weighted by Gasteiger charge is -2.09. The van der Waals surface area contributed by atoms with Crippen LogP contribution in [0.25, 0.3) is 0 Å². The van der Waals surface area contributed by atoms with Gasteiger partial charge in [-0.1, -0.05) is 17.7 Å². The molecular weight excluding hydrogens is 262 g/mol. The van der Waals surface area contributed by atoms with Crippen molar-refractivity contribution in [1.82, 2.24) is 0 Å². The van der Waals surface area contributed by atoms with E-state index in [-0.39, 0.29) is 4.90 Å². The third kappa shape index (κ3) is 3.33. The molecule has 0 aromatic heterocycles. The lowest BCUT2D eigenvalue weighted by atomic mass is 10.2. The largest absolute Gasteiger partial charge is 0.457 e. The first-order chi connectivity index (χ1) is 8.86. The van der Waals surface area contributed by atoms with Crippen molar-refractivity contribution >= 4 is 10.0 Å². The smallest absolute Gasteiger partial charge is 0.238 e. The molecule has 0 bridgehead atoms. The van der Waals surface area contributed by atoms with Crippen LogP contribution in [-0.2, 0) is 10.0 Å². The van der Waals surface area contributed by atoms with Gasteiger partial charge in [-0.05, 0) is 49.7 Å². The van der Waals surface area contributed by atoms with Crippen molar-refractivity contribution in [2.45, 2.75) is 18.7 Å². The molecule has 2 aromatic rings. The van der Waals surface area contributed by atoms with Crippen molar-refractivity contribution in [2.24, 2.45) is 5.14 Å². The minimum Gasteiger partial charge on any atom is -0.457 e. The maximum absolute atomic E-state index is 11.3. The zero-order chi connectivity index (χ0) is 14.0. The fraction of sp³-hybridized carbons (Fsp3) is 0.143. The van der Waals surface area contributed by atoms with Gasteiger partial charge in [0.15, 0.2) is 0 Å². The van der Waals surface area contributed by atoms with E-state index in [0.717, 1.165) is 5.56 Å². The van der Waals surface area contributed by atoms with Gasteiger partial charge >= 0.3 is 0 Å². The molecule has 0 saturated heterocycles. The minimum atomic E-state index is -3.68. The first kappa shape index (κ1) is 13.6. The Morgan fingerprint density at radius 2 is 1.53 bits per heavy atom. The summed E-state index contributed by atoms with van der Waals surface area (Å²) in [5.74, 6) is 1.28. The Balaban J connectivity index is 2.28. The predicted molar refractivity (Wildman–Crippen MR) is 73.8 cm³/mol. The molecule has 0 aliphatic carbocycles. The maximum Gasteiger partial charge on any atom is 0.238 e. The summed E-state index contributed by atoms with van der Waals surface area (Å²) < 4.78 is 28.2. The Morgan fingerprint density at radius 1 is 0.947 bits per heavy atom. The van der Waals surface area contributed by atoms with Crippen molar-refractivity contribution in [3.63, 3.8) is 0 Å². The van der Waals surface area contributed by atoms with Gasteiger partial charge in [-0.25, -0.2) is 13.6 Å². The van der Waals surface area contributed by atoms with E-state index >= 15 is 0 Å². The molecule has 0 fully saturated rings. The van der Waals surface area contributed by atoms with Gasteiger partial charge in [0.05, 0.1) is 4.90 Å². The van der Waals surface area contributed by atoms with Gasteiger partial charge in [-0.3, -0.25) is 0 Å². The average molecular weight is 277 g/mol. The Hall–Kier alpha value is -1.85. The predicted octanol–water partition coefficient (Wildman–Crippen LogP) is 2.74. The number of rotatable bonds is 3. The Morgan fingerprint density at radius 3 is 2.05 bits per heavy atom. The van der Waals surface area contributed by atoms with E-state index in [2.05, 4.69) is 0 Å². The summed E-state index contributed by atoms with van der Waals surface area (Å²) in [6, 6.07) is 12.3. The summed E-state index contributed by atoms with van der Waals surface area (Å²) >= 11 is 0. The average Bonchev–Trinajstić information content (AvgIpc) is 2.30. The van der Waals surface area contributed by atoms with Crippen molar-refractivity contribution in [1.29, 1.82) is 0 Å². The zero-order valence-electron chi connectivity index (χ0n) is 10.8. The molecular formula is C14H15NO3S. The van der Waals surface area contributed by atoms with Crippen molar-refractivity contribution in [3.05, 3.63) is 53.6 Å². The number of hydrogen-bond acceptors (Lipinski definition) is 3. The number of ether oxygens (including phenoxy) is 1. The topological polar surface area (TPSA) is 69.4 Å². The van der Waals surface area contributed by atoms with E-state index in [1.165, 1.54) is 6.07 Å². The first-order valence-electron chi connectivity index (χ1n) is 5.74. The molecule has 0 heterocycles. The highest BCUT2D eigenvalue weighted by Crippen LogP contribution is 2.25. The quantitative estimate of drug-likeness (QED) is 0.937. The summed E-state index contributed by atoms with van der Waals surface area (Å²) in [4.78, 5) is 0.115. The molecule has 2 rings (SSSR count). The summed E-state index contributed by atoms with van der Waals surface area (Å²) in [6.45, 7) is 3.68. The summed E-state index contributed by atoms with van der Waals surface area (Å²) in [7, 11) is -3.68. The number of hydrogen-bond donors (Lipinski definition) is 1. The third-order valence-corrected chi connectivity index (χ3v) is 3.78. The standard InChI is InChI=1S/C14H15NO3S/c1-10-3-5-12(6-4-10)18-13-7-8-14(11(2)9-13)19(15,16)17/h3-9H,1-2H3,(H2,15,16,17). The van der Waals surface area contributed by atoms with Crippen LogP contribution < -0.4 is 9.88 Å². The van der Waals surface area contributed by atoms with Gasteiger partial charge in [-0.15, -0.1) is 0 Å². The molecule has 5 heteroatoms. The summed E-state index contributed by atoms with van der Waals surface area (Å²) in [5.41, 5.74) is 1.71. The van der Waals surface area contributed by atoms with Gasteiger partial charge in [0.1, 0.15) is 11.5 Å². The number of primary sulfonamides is 1. The molecule has 2 N–H and O–H groups in total. The number of aryl methyl sites for hydroxylation is 2. The van der Waals surface area contributed by atoms with Crippen LogP contribution in [0.15, 0.2) is 47.4 Å². The fourth-order valence-corrected chi connectivity index (χ4v) is 2.51. The van der Waals surface area contributed by atoms with Crippen LogP contribution in [-0.4, -0.2) is 8.42 Å². The van der Waals surface area contributed by atoms with Gasteiger partial charge in [-0.2, -0.15) is 0 Å². The van der Waals surface area contributed by atoms with E-state index in [1.54, 1.807) is 19.1 Å². The Labute approximate surface area is 112 Å². The second-order valence-corrected chi connectivity index (χ2v) is 5.92. The molecule has 0 aliphatic heterocycles. The number of nitrogens with two attached hydrogens (primary N) is 1. The monoisotopic (exact) mass is 277 g/mol. The zero-order valence-corrected chi connectivity index (χ0v) is 11.6. The Bertz CT molecular complexity index is 691. The van der Waals surface area contributed by atoms with E-state index in [1.807, 2.05) is 31.2 Å². The van der Waals surface area contributed by atoms with Gasteiger partial charge in [0, 0.05) is 0 Å². The van der Waals surface area contributed by atoms with Crippen LogP contribution in [0.1, 0.15) is 11.1 Å². The molecule has 0 radical (unpaired) electrons. The van der Waals surface area contributed by atoms with Crippen molar-refractivity contribution in [3.8, 4) is 11.5 Å². The van der Waals surface area contributed by atoms with Gasteiger partial charge in [0.25, 0.3) is 0 Å². The van der Waals surface area contributed by atoms with Crippen molar-refractivity contribution < 1.29 is 13.2 Å². The van der Waals surface area contributed by atoms with E-state index in [0.29, 0.717) is 17.1 Å². The van der Waals surface area contributed by atoms with Crippen LogP contribution in [0.5, 0.6) is 11.5 Å². The molecule has 0 amide bonds. The third-order valence-electron chi connectivity index (χ3n) is 2.71. The number of sulfonamides is 1. The molecule has 4 nitrogen and oxygen atoms in total. The summed E-state index contributed by atoms with van der Waals surface area (Å²) in [5, 5.41) is 5.11. The minimum absolute atomic E-state index is 0.115. The fourth-order valence-electron chi connectivity index (χ4n) is 1.75. The highest BCUT2D eigenvalue weighted by molar-refractivity contribution is 7.89. The molecule has 100 valence electrons. The second kappa shape index (κ2) is 5.03. The number of benzene rings is 2. The molecule has 0 unspecified atom stereocenters. The van der Waals surface area contributed by atoms with Gasteiger partial charge in [0.2, 0.25) is 10.0 Å². The highest BCUT2D eigenvalue weighted by atomic mass is 32.2. The SMILES string of the molecule is Cc1ccc(Oc2ccc(S(N)(=O)=O)c(C)c2)cc1. The maximum atomic E-state index is 11.3. The van der Waals surface area contributed by atoms with Crippen molar-refractivity contribution in [2.75, 3.05) is 0 Å². The lowest BCUT2D eigenvalue weighted by molar-refractivity contribution is 0.481. The van der Waals surface area contributed by atoms with Gasteiger partial charge < -0.3 is 4.74 Å². The normalized spacial score (nSPS) is 11.3. The lowest BCUT2D eigenvalue weighted by Crippen LogP contribution is -2.13. The molecule has 2 aromatic carbocycles. The molecule has 0 atom stereocenters. The Kier molecular flexibility index (Phi) is 3.59. The van der Waals surface area contributed by atoms with Crippen LogP contribution in [0.2, 0.25) is 0 Å².